The van der Waals surface area contributed by atoms with Gasteiger partial charge in [0.1, 0.15) is 5.69 Å². The van der Waals surface area contributed by atoms with E-state index in [4.69, 9.17) is 9.84 Å². The summed E-state index contributed by atoms with van der Waals surface area (Å²) in [7, 11) is 1.83. The van der Waals surface area contributed by atoms with Gasteiger partial charge in [-0.3, -0.25) is 9.48 Å². The Morgan fingerprint density at radius 1 is 1.17 bits per heavy atom. The van der Waals surface area contributed by atoms with Gasteiger partial charge in [0, 0.05) is 50.4 Å². The number of nitrogens with zero attached hydrogens (tertiary/aromatic N) is 6. The van der Waals surface area contributed by atoms with Crippen molar-refractivity contribution in [2.75, 3.05) is 19.7 Å². The molecule has 3 aromatic rings. The molecule has 0 saturated carbocycles. The summed E-state index contributed by atoms with van der Waals surface area (Å²) in [6.45, 7) is 2.74. The van der Waals surface area contributed by atoms with Crippen LogP contribution in [0.25, 0.3) is 5.82 Å². The summed E-state index contributed by atoms with van der Waals surface area (Å²) in [4.78, 5) is 19.2. The number of aryl methyl sites for hydroxylation is 1. The lowest BCUT2D eigenvalue weighted by Gasteiger charge is -2.32. The number of likely N-dealkylation sites (tertiary alicyclic amines) is 1. The number of fused-ring (bicyclic) bond motifs is 1. The van der Waals surface area contributed by atoms with Crippen LogP contribution in [0.3, 0.4) is 0 Å². The van der Waals surface area contributed by atoms with Gasteiger partial charge in [-0.2, -0.15) is 10.2 Å². The van der Waals surface area contributed by atoms with Crippen LogP contribution in [-0.4, -0.2) is 55.0 Å². The lowest BCUT2D eigenvalue weighted by Crippen LogP contribution is -2.38. The highest BCUT2D eigenvalue weighted by atomic mass is 16.5. The number of hydrogen-bond donors (Lipinski definition) is 0. The SMILES string of the molecule is Cn1ccc(C(=O)N2CCC(c3c4c(nn3-c3ccccn3)CCOC4)CC2)n1. The largest absolute Gasteiger partial charge is 0.376 e. The van der Waals surface area contributed by atoms with Gasteiger partial charge in [0.25, 0.3) is 5.91 Å². The second kappa shape index (κ2) is 7.44. The average molecular weight is 392 g/mol. The van der Waals surface area contributed by atoms with Gasteiger partial charge in [0.05, 0.1) is 24.6 Å². The number of ether oxygens (including phenoxy) is 1. The van der Waals surface area contributed by atoms with Gasteiger partial charge in [-0.25, -0.2) is 9.67 Å². The second-order valence-electron chi connectivity index (χ2n) is 7.65. The first kappa shape index (κ1) is 18.1. The zero-order chi connectivity index (χ0) is 19.8. The van der Waals surface area contributed by atoms with E-state index in [0.717, 1.165) is 30.8 Å². The summed E-state index contributed by atoms with van der Waals surface area (Å²) in [6, 6.07) is 7.66. The maximum atomic E-state index is 12.7. The summed E-state index contributed by atoms with van der Waals surface area (Å²) in [5.74, 6) is 1.17. The lowest BCUT2D eigenvalue weighted by atomic mass is 9.89. The average Bonchev–Trinajstić information content (AvgIpc) is 3.38. The van der Waals surface area contributed by atoms with E-state index < -0.39 is 0 Å². The molecule has 0 radical (unpaired) electrons. The van der Waals surface area contributed by atoms with E-state index in [1.54, 1.807) is 23.1 Å². The monoisotopic (exact) mass is 392 g/mol. The van der Waals surface area contributed by atoms with Gasteiger partial charge in [-0.05, 0) is 31.0 Å². The van der Waals surface area contributed by atoms with Crippen LogP contribution in [-0.2, 0) is 24.8 Å². The third-order valence-corrected chi connectivity index (χ3v) is 5.80. The van der Waals surface area contributed by atoms with E-state index >= 15 is 0 Å². The number of pyridine rings is 1. The second-order valence-corrected chi connectivity index (χ2v) is 7.65. The molecule has 8 heteroatoms. The molecule has 2 aliphatic rings. The summed E-state index contributed by atoms with van der Waals surface area (Å²) in [5, 5.41) is 9.13. The van der Waals surface area contributed by atoms with Crippen LogP contribution in [0.4, 0.5) is 0 Å². The van der Waals surface area contributed by atoms with Crippen molar-refractivity contribution in [3.63, 3.8) is 0 Å². The molecule has 2 aliphatic heterocycles. The van der Waals surface area contributed by atoms with Gasteiger partial charge in [0.15, 0.2) is 5.82 Å². The lowest BCUT2D eigenvalue weighted by molar-refractivity contribution is 0.0702. The minimum atomic E-state index is 0.00708. The van der Waals surface area contributed by atoms with Gasteiger partial charge in [0.2, 0.25) is 0 Å². The fourth-order valence-corrected chi connectivity index (χ4v) is 4.33. The molecule has 0 spiro atoms. The summed E-state index contributed by atoms with van der Waals surface area (Å²) in [5.41, 5.74) is 4.03. The third kappa shape index (κ3) is 3.33. The zero-order valence-electron chi connectivity index (χ0n) is 16.5. The molecule has 1 fully saturated rings. The van der Waals surface area contributed by atoms with Crippen LogP contribution >= 0.6 is 0 Å². The molecule has 1 amide bonds. The predicted molar refractivity (Wildman–Crippen MR) is 106 cm³/mol. The molecule has 0 aliphatic carbocycles. The van der Waals surface area contributed by atoms with E-state index in [0.29, 0.717) is 37.9 Å². The first-order valence-electron chi connectivity index (χ1n) is 10.1. The predicted octanol–water partition coefficient (Wildman–Crippen LogP) is 2.09. The number of piperidine rings is 1. The minimum absolute atomic E-state index is 0.00708. The van der Waals surface area contributed by atoms with Gasteiger partial charge in [-0.1, -0.05) is 6.07 Å². The van der Waals surface area contributed by atoms with E-state index in [1.807, 2.05) is 34.8 Å². The fraction of sp³-hybridized carbons (Fsp3) is 0.429. The van der Waals surface area contributed by atoms with Gasteiger partial charge >= 0.3 is 0 Å². The molecule has 0 N–H and O–H groups in total. The van der Waals surface area contributed by atoms with Crippen molar-refractivity contribution in [2.45, 2.75) is 31.8 Å². The Balaban J connectivity index is 1.40. The van der Waals surface area contributed by atoms with Crippen LogP contribution in [0.1, 0.15) is 46.2 Å². The molecule has 5 heterocycles. The molecular formula is C21H24N6O2. The zero-order valence-corrected chi connectivity index (χ0v) is 16.5. The molecule has 29 heavy (non-hydrogen) atoms. The Morgan fingerprint density at radius 2 is 2.03 bits per heavy atom. The maximum Gasteiger partial charge on any atom is 0.274 e. The summed E-state index contributed by atoms with van der Waals surface area (Å²) >= 11 is 0. The van der Waals surface area contributed by atoms with Crippen molar-refractivity contribution in [3.05, 3.63) is 59.3 Å². The highest BCUT2D eigenvalue weighted by Gasteiger charge is 2.32. The number of rotatable bonds is 3. The van der Waals surface area contributed by atoms with Crippen molar-refractivity contribution < 1.29 is 9.53 Å². The molecular weight excluding hydrogens is 368 g/mol. The van der Waals surface area contributed by atoms with Gasteiger partial charge in [-0.15, -0.1) is 0 Å². The van der Waals surface area contributed by atoms with Crippen molar-refractivity contribution >= 4 is 5.91 Å². The van der Waals surface area contributed by atoms with Gasteiger partial charge < -0.3 is 9.64 Å². The number of amides is 1. The number of aromatic nitrogens is 5. The number of carbonyl (C=O) groups is 1. The fourth-order valence-electron chi connectivity index (χ4n) is 4.33. The summed E-state index contributed by atoms with van der Waals surface area (Å²) < 4.78 is 9.41. The quantitative estimate of drug-likeness (QED) is 0.682. The molecule has 0 unspecified atom stereocenters. The molecule has 8 nitrogen and oxygen atoms in total. The Hall–Kier alpha value is -3.00. The molecule has 0 atom stereocenters. The Kier molecular flexibility index (Phi) is 4.63. The minimum Gasteiger partial charge on any atom is -0.376 e. The molecule has 0 aromatic carbocycles. The van der Waals surface area contributed by atoms with Crippen molar-refractivity contribution in [3.8, 4) is 5.82 Å². The van der Waals surface area contributed by atoms with E-state index in [1.165, 1.54) is 11.3 Å². The van der Waals surface area contributed by atoms with Crippen LogP contribution in [0, 0.1) is 0 Å². The summed E-state index contributed by atoms with van der Waals surface area (Å²) in [6.07, 6.45) is 6.22. The first-order valence-corrected chi connectivity index (χ1v) is 10.1. The van der Waals surface area contributed by atoms with Crippen molar-refractivity contribution in [1.82, 2.24) is 29.4 Å². The van der Waals surface area contributed by atoms with Crippen LogP contribution in [0.15, 0.2) is 36.7 Å². The standard InChI is InChI=1S/C21H24N6O2/c1-25-10-7-18(23-25)21(28)26-11-5-15(6-12-26)20-16-14-29-13-8-17(16)24-27(20)19-4-2-3-9-22-19/h2-4,7,9-10,15H,5-6,8,11-14H2,1H3. The van der Waals surface area contributed by atoms with Crippen LogP contribution in [0.5, 0.6) is 0 Å². The first-order chi connectivity index (χ1) is 14.2. The Labute approximate surface area is 169 Å². The van der Waals surface area contributed by atoms with Crippen LogP contribution < -0.4 is 0 Å². The normalized spacial score (nSPS) is 17.3. The van der Waals surface area contributed by atoms with E-state index in [9.17, 15) is 4.79 Å². The molecule has 0 bridgehead atoms. The highest BCUT2D eigenvalue weighted by molar-refractivity contribution is 5.92. The Morgan fingerprint density at radius 3 is 2.76 bits per heavy atom. The molecule has 3 aromatic heterocycles. The van der Waals surface area contributed by atoms with Crippen molar-refractivity contribution in [2.24, 2.45) is 7.05 Å². The molecule has 5 rings (SSSR count). The number of hydrogen-bond acceptors (Lipinski definition) is 5. The maximum absolute atomic E-state index is 12.7. The van der Waals surface area contributed by atoms with E-state index in [2.05, 4.69) is 10.1 Å². The Bertz CT molecular complexity index is 1020. The van der Waals surface area contributed by atoms with Crippen LogP contribution in [0.2, 0.25) is 0 Å². The van der Waals surface area contributed by atoms with E-state index in [-0.39, 0.29) is 5.91 Å². The number of carbonyl (C=O) groups excluding carboxylic acids is 1. The molecule has 150 valence electrons. The topological polar surface area (TPSA) is 78.1 Å². The highest BCUT2D eigenvalue weighted by Crippen LogP contribution is 2.35. The molecule has 1 saturated heterocycles. The smallest absolute Gasteiger partial charge is 0.274 e. The van der Waals surface area contributed by atoms with Crippen molar-refractivity contribution in [1.29, 1.82) is 0 Å². The third-order valence-electron chi connectivity index (χ3n) is 5.80.